The zero-order chi connectivity index (χ0) is 19.0. The van der Waals surface area contributed by atoms with E-state index in [-0.39, 0.29) is 5.91 Å². The fourth-order valence-electron chi connectivity index (χ4n) is 2.89. The summed E-state index contributed by atoms with van der Waals surface area (Å²) in [6.45, 7) is 3.56. The second-order valence-electron chi connectivity index (χ2n) is 5.70. The number of anilines is 1. The summed E-state index contributed by atoms with van der Waals surface area (Å²) in [4.78, 5) is 19.7. The maximum atomic E-state index is 12.6. The molecule has 3 aromatic rings. The van der Waals surface area contributed by atoms with Gasteiger partial charge in [0.1, 0.15) is 0 Å². The van der Waals surface area contributed by atoms with Gasteiger partial charge in [0.05, 0.1) is 14.4 Å². The van der Waals surface area contributed by atoms with Crippen LogP contribution in [0, 0.1) is 0 Å². The van der Waals surface area contributed by atoms with E-state index in [1.165, 1.54) is 30.0 Å². The molecule has 1 atom stereocenters. The van der Waals surface area contributed by atoms with E-state index in [0.29, 0.717) is 16.7 Å². The molecule has 1 aliphatic rings. The van der Waals surface area contributed by atoms with Crippen LogP contribution in [0.4, 0.5) is 5.69 Å². The minimum Gasteiger partial charge on any atom is -0.446 e. The molecule has 6 nitrogen and oxygen atoms in total. The van der Waals surface area contributed by atoms with Gasteiger partial charge in [0, 0.05) is 12.5 Å². The van der Waals surface area contributed by atoms with Gasteiger partial charge in [-0.15, -0.1) is 21.5 Å². The molecule has 0 saturated carbocycles. The quantitative estimate of drug-likeness (QED) is 0.514. The average molecular weight is 463 g/mol. The predicted octanol–water partition coefficient (Wildman–Crippen LogP) is 4.92. The molecule has 0 fully saturated rings. The molecule has 2 aromatic heterocycles. The number of rotatable bonds is 3. The number of ether oxygens (including phenoxy) is 1. The van der Waals surface area contributed by atoms with Crippen LogP contribution in [0.3, 0.4) is 0 Å². The van der Waals surface area contributed by atoms with Crippen LogP contribution in [-0.4, -0.2) is 26.8 Å². The SMILES string of the molecule is CCSc1nnc2c(n1)O[C@H](c1ccc(Br)s1)N(C(C)=O)c1ccccc1-2. The summed E-state index contributed by atoms with van der Waals surface area (Å²) in [7, 11) is 0. The summed E-state index contributed by atoms with van der Waals surface area (Å²) in [5.41, 5.74) is 2.04. The molecule has 27 heavy (non-hydrogen) atoms. The van der Waals surface area contributed by atoms with Gasteiger partial charge in [0.2, 0.25) is 23.2 Å². The van der Waals surface area contributed by atoms with Crippen molar-refractivity contribution in [3.63, 3.8) is 0 Å². The molecular formula is C18H15BrN4O2S2. The Morgan fingerprint density at radius 3 is 2.81 bits per heavy atom. The van der Waals surface area contributed by atoms with Gasteiger partial charge < -0.3 is 4.74 Å². The van der Waals surface area contributed by atoms with Gasteiger partial charge in [0.15, 0.2) is 5.69 Å². The van der Waals surface area contributed by atoms with Crippen LogP contribution < -0.4 is 9.64 Å². The summed E-state index contributed by atoms with van der Waals surface area (Å²) < 4.78 is 7.23. The molecule has 0 spiro atoms. The molecule has 9 heteroatoms. The van der Waals surface area contributed by atoms with E-state index >= 15 is 0 Å². The summed E-state index contributed by atoms with van der Waals surface area (Å²) in [5, 5.41) is 9.12. The van der Waals surface area contributed by atoms with Crippen LogP contribution in [0.2, 0.25) is 0 Å². The topological polar surface area (TPSA) is 68.2 Å². The van der Waals surface area contributed by atoms with Crippen molar-refractivity contribution in [2.75, 3.05) is 10.7 Å². The number of amides is 1. The standard InChI is InChI=1S/C18H15BrN4O2S2/c1-3-26-18-20-16-15(21-22-18)11-6-4-5-7-12(11)23(10(2)24)17(25-16)13-8-9-14(19)27-13/h4-9,17H,3H2,1-2H3/t17-/m1/s1. The Kier molecular flexibility index (Phi) is 5.16. The molecule has 0 aliphatic carbocycles. The van der Waals surface area contributed by atoms with Gasteiger partial charge in [-0.2, -0.15) is 4.98 Å². The molecule has 0 radical (unpaired) electrons. The predicted molar refractivity (Wildman–Crippen MR) is 110 cm³/mol. The number of aromatic nitrogens is 3. The van der Waals surface area contributed by atoms with Gasteiger partial charge >= 0.3 is 0 Å². The minimum atomic E-state index is -0.627. The summed E-state index contributed by atoms with van der Waals surface area (Å²) >= 11 is 6.50. The number of fused-ring (bicyclic) bond motifs is 3. The van der Waals surface area contributed by atoms with E-state index in [1.807, 2.05) is 43.3 Å². The number of halogens is 1. The van der Waals surface area contributed by atoms with Crippen molar-refractivity contribution >= 4 is 50.6 Å². The van der Waals surface area contributed by atoms with E-state index in [0.717, 1.165) is 25.7 Å². The van der Waals surface area contributed by atoms with Crippen molar-refractivity contribution in [2.45, 2.75) is 25.2 Å². The zero-order valence-corrected chi connectivity index (χ0v) is 17.8. The molecule has 3 heterocycles. The minimum absolute atomic E-state index is 0.124. The molecular weight excluding hydrogens is 448 g/mol. The third-order valence-electron chi connectivity index (χ3n) is 3.96. The summed E-state index contributed by atoms with van der Waals surface area (Å²) in [6, 6.07) is 11.5. The number of carbonyl (C=O) groups is 1. The molecule has 0 saturated heterocycles. The van der Waals surface area contributed by atoms with Crippen LogP contribution in [0.25, 0.3) is 11.3 Å². The van der Waals surface area contributed by atoms with Gasteiger partial charge in [-0.25, -0.2) is 0 Å². The molecule has 1 amide bonds. The van der Waals surface area contributed by atoms with Crippen molar-refractivity contribution in [2.24, 2.45) is 0 Å². The number of benzene rings is 1. The van der Waals surface area contributed by atoms with E-state index in [4.69, 9.17) is 4.74 Å². The van der Waals surface area contributed by atoms with Crippen LogP contribution in [0.5, 0.6) is 5.88 Å². The maximum absolute atomic E-state index is 12.6. The van der Waals surface area contributed by atoms with E-state index in [1.54, 1.807) is 4.90 Å². The van der Waals surface area contributed by atoms with Crippen molar-refractivity contribution in [3.05, 3.63) is 45.1 Å². The maximum Gasteiger partial charge on any atom is 0.247 e. The Morgan fingerprint density at radius 1 is 1.30 bits per heavy atom. The second kappa shape index (κ2) is 7.57. The first kappa shape index (κ1) is 18.4. The normalized spacial score (nSPS) is 15.5. The highest BCUT2D eigenvalue weighted by molar-refractivity contribution is 9.11. The Hall–Kier alpha value is -1.97. The fourth-order valence-corrected chi connectivity index (χ4v) is 4.84. The van der Waals surface area contributed by atoms with Gasteiger partial charge in [-0.1, -0.05) is 36.9 Å². The van der Waals surface area contributed by atoms with E-state index in [9.17, 15) is 4.79 Å². The molecule has 1 aromatic carbocycles. The summed E-state index contributed by atoms with van der Waals surface area (Å²) in [5.74, 6) is 1.09. The first-order chi connectivity index (χ1) is 13.1. The zero-order valence-electron chi connectivity index (χ0n) is 14.5. The van der Waals surface area contributed by atoms with Crippen molar-refractivity contribution in [1.29, 1.82) is 0 Å². The lowest BCUT2D eigenvalue weighted by atomic mass is 10.1. The first-order valence-corrected chi connectivity index (χ1v) is 10.9. The van der Waals surface area contributed by atoms with Crippen LogP contribution in [0.1, 0.15) is 25.0 Å². The third kappa shape index (κ3) is 3.46. The van der Waals surface area contributed by atoms with Crippen LogP contribution >= 0.6 is 39.0 Å². The molecule has 1 aliphatic heterocycles. The fraction of sp³-hybridized carbons (Fsp3) is 0.222. The number of hydrogen-bond donors (Lipinski definition) is 0. The van der Waals surface area contributed by atoms with E-state index < -0.39 is 6.23 Å². The highest BCUT2D eigenvalue weighted by Crippen LogP contribution is 2.44. The Morgan fingerprint density at radius 2 is 2.11 bits per heavy atom. The molecule has 0 unspecified atom stereocenters. The number of para-hydroxylation sites is 1. The number of hydrogen-bond acceptors (Lipinski definition) is 7. The smallest absolute Gasteiger partial charge is 0.247 e. The van der Waals surface area contributed by atoms with Crippen molar-refractivity contribution in [1.82, 2.24) is 15.2 Å². The highest BCUT2D eigenvalue weighted by Gasteiger charge is 2.35. The average Bonchev–Trinajstić information content (AvgIpc) is 3.02. The number of carbonyl (C=O) groups excluding carboxylic acids is 1. The lowest BCUT2D eigenvalue weighted by Crippen LogP contribution is -2.35. The van der Waals surface area contributed by atoms with Gasteiger partial charge in [0.25, 0.3) is 0 Å². The lowest BCUT2D eigenvalue weighted by molar-refractivity contribution is -0.118. The molecule has 0 bridgehead atoms. The van der Waals surface area contributed by atoms with Crippen LogP contribution in [-0.2, 0) is 4.79 Å². The monoisotopic (exact) mass is 462 g/mol. The molecule has 138 valence electrons. The van der Waals surface area contributed by atoms with E-state index in [2.05, 4.69) is 31.1 Å². The van der Waals surface area contributed by atoms with Crippen molar-refractivity contribution < 1.29 is 9.53 Å². The molecule has 4 rings (SSSR count). The number of thiophene rings is 1. The van der Waals surface area contributed by atoms with Crippen molar-refractivity contribution in [3.8, 4) is 17.1 Å². The third-order valence-corrected chi connectivity index (χ3v) is 6.34. The number of nitrogens with zero attached hydrogens (tertiary/aromatic N) is 4. The second-order valence-corrected chi connectivity index (χ2v) is 9.43. The Balaban J connectivity index is 1.94. The Bertz CT molecular complexity index is 1010. The largest absolute Gasteiger partial charge is 0.446 e. The lowest BCUT2D eigenvalue weighted by Gasteiger charge is -2.28. The Labute approximate surface area is 173 Å². The first-order valence-electron chi connectivity index (χ1n) is 8.27. The highest BCUT2D eigenvalue weighted by atomic mass is 79.9. The van der Waals surface area contributed by atoms with Gasteiger partial charge in [-0.3, -0.25) is 9.69 Å². The van der Waals surface area contributed by atoms with Gasteiger partial charge in [-0.05, 0) is 39.9 Å². The van der Waals surface area contributed by atoms with Crippen LogP contribution in [0.15, 0.2) is 45.3 Å². The molecule has 0 N–H and O–H groups in total. The number of thioether (sulfide) groups is 1. The summed E-state index contributed by atoms with van der Waals surface area (Å²) in [6.07, 6.45) is -0.627.